The second-order valence-electron chi connectivity index (χ2n) is 0.847. The van der Waals surface area contributed by atoms with Crippen LogP contribution in [0.25, 0.3) is 0 Å². The van der Waals surface area contributed by atoms with Gasteiger partial charge in [-0.15, -0.1) is 4.83 Å². The first-order chi connectivity index (χ1) is 2.89. The van der Waals surface area contributed by atoms with Crippen LogP contribution in [-0.4, -0.2) is 4.21 Å². The molecule has 0 radical (unpaired) electrons. The number of rotatable bonds is 0. The van der Waals surface area contributed by atoms with Crippen molar-refractivity contribution in [3.8, 4) is 0 Å². The van der Waals surface area contributed by atoms with Crippen LogP contribution in [0.2, 0.25) is 0 Å². The predicted molar refractivity (Wildman–Crippen MR) is 23.6 cm³/mol. The molecule has 0 saturated heterocycles. The Morgan fingerprint density at radius 1 is 1.67 bits per heavy atom. The van der Waals surface area contributed by atoms with Crippen molar-refractivity contribution in [1.29, 1.82) is 0 Å². The molecule has 1 heterocycles. The van der Waals surface area contributed by atoms with Gasteiger partial charge in [0.25, 0.3) is 0 Å². The number of hydrogen-bond acceptors (Lipinski definition) is 2. The zero-order valence-corrected chi connectivity index (χ0v) is 3.79. The summed E-state index contributed by atoms with van der Waals surface area (Å²) >= 11 is 0. The van der Waals surface area contributed by atoms with Crippen LogP contribution in [0.15, 0.2) is 11.6 Å². The molecule has 2 N–H and O–H groups in total. The quantitative estimate of drug-likeness (QED) is 0.423. The highest BCUT2D eigenvalue weighted by molar-refractivity contribution is 7.86. The van der Waals surface area contributed by atoms with Gasteiger partial charge in [0.2, 0.25) is 0 Å². The van der Waals surface area contributed by atoms with Crippen molar-refractivity contribution in [2.24, 2.45) is 0 Å². The minimum Gasteiger partial charge on any atom is -0.316 e. The molecule has 1 aliphatic heterocycles. The molecule has 0 aromatic carbocycles. The first kappa shape index (κ1) is 3.83. The van der Waals surface area contributed by atoms with E-state index in [-0.39, 0.29) is 0 Å². The van der Waals surface area contributed by atoms with Crippen LogP contribution < -0.4 is 10.3 Å². The number of hydrazine groups is 1. The van der Waals surface area contributed by atoms with E-state index in [1.54, 1.807) is 6.20 Å². The lowest BCUT2D eigenvalue weighted by Crippen LogP contribution is -2.20. The highest BCUT2D eigenvalue weighted by atomic mass is 32.2. The summed E-state index contributed by atoms with van der Waals surface area (Å²) in [6, 6.07) is 0. The fourth-order valence-corrected chi connectivity index (χ4v) is 0.666. The topological polar surface area (TPSA) is 41.1 Å². The van der Waals surface area contributed by atoms with Crippen LogP contribution in [0.3, 0.4) is 0 Å². The van der Waals surface area contributed by atoms with Crippen molar-refractivity contribution in [3.05, 3.63) is 11.6 Å². The fourth-order valence-electron chi connectivity index (χ4n) is 0.222. The summed E-state index contributed by atoms with van der Waals surface area (Å²) in [5.74, 6) is 0. The van der Waals surface area contributed by atoms with E-state index in [4.69, 9.17) is 0 Å². The molecule has 34 valence electrons. The molecule has 0 spiro atoms. The Balaban J connectivity index is 2.59. The van der Waals surface area contributed by atoms with E-state index in [2.05, 4.69) is 10.3 Å². The van der Waals surface area contributed by atoms with Crippen LogP contribution >= 0.6 is 0 Å². The van der Waals surface area contributed by atoms with Gasteiger partial charge in [-0.1, -0.05) is 0 Å². The zero-order valence-electron chi connectivity index (χ0n) is 2.97. The minimum atomic E-state index is -0.965. The molecule has 1 rings (SSSR count). The zero-order chi connectivity index (χ0) is 4.41. The van der Waals surface area contributed by atoms with Crippen molar-refractivity contribution < 1.29 is 4.21 Å². The second kappa shape index (κ2) is 1.40. The van der Waals surface area contributed by atoms with Gasteiger partial charge in [-0.2, -0.15) is 0 Å². The molecule has 0 aliphatic carbocycles. The molecule has 3 nitrogen and oxygen atoms in total. The van der Waals surface area contributed by atoms with E-state index in [1.165, 1.54) is 5.41 Å². The SMILES string of the molecule is O=S1C=CNN1. The van der Waals surface area contributed by atoms with E-state index >= 15 is 0 Å². The van der Waals surface area contributed by atoms with Crippen LogP contribution in [0.4, 0.5) is 0 Å². The second-order valence-corrected chi connectivity index (χ2v) is 1.92. The predicted octanol–water partition coefficient (Wildman–Crippen LogP) is -0.771. The van der Waals surface area contributed by atoms with Crippen molar-refractivity contribution in [3.63, 3.8) is 0 Å². The smallest absolute Gasteiger partial charge is 0.137 e. The van der Waals surface area contributed by atoms with Gasteiger partial charge in [-0.25, -0.2) is 4.21 Å². The maximum atomic E-state index is 10.1. The van der Waals surface area contributed by atoms with Gasteiger partial charge in [0.15, 0.2) is 0 Å². The van der Waals surface area contributed by atoms with Gasteiger partial charge in [0, 0.05) is 11.6 Å². The highest BCUT2D eigenvalue weighted by Crippen LogP contribution is 1.79. The van der Waals surface area contributed by atoms with Gasteiger partial charge < -0.3 is 5.43 Å². The molecule has 0 fully saturated rings. The Morgan fingerprint density at radius 3 is 2.67 bits per heavy atom. The lowest BCUT2D eigenvalue weighted by molar-refractivity contribution is 0.676. The maximum Gasteiger partial charge on any atom is 0.137 e. The van der Waals surface area contributed by atoms with Crippen molar-refractivity contribution in [2.75, 3.05) is 0 Å². The summed E-state index contributed by atoms with van der Waals surface area (Å²) < 4.78 is 10.1. The van der Waals surface area contributed by atoms with E-state index in [0.717, 1.165) is 0 Å². The normalized spacial score (nSPS) is 30.3. The lowest BCUT2D eigenvalue weighted by atomic mass is 11.1. The van der Waals surface area contributed by atoms with Gasteiger partial charge in [-0.05, 0) is 0 Å². The molecule has 0 aromatic rings. The summed E-state index contributed by atoms with van der Waals surface area (Å²) in [4.78, 5) is 2.43. The molecule has 1 atom stereocenters. The van der Waals surface area contributed by atoms with Crippen LogP contribution in [0.5, 0.6) is 0 Å². The van der Waals surface area contributed by atoms with Gasteiger partial charge in [0.1, 0.15) is 11.0 Å². The first-order valence-electron chi connectivity index (χ1n) is 1.48. The lowest BCUT2D eigenvalue weighted by Gasteiger charge is -1.83. The Bertz CT molecular complexity index is 99.7. The molecule has 6 heavy (non-hydrogen) atoms. The van der Waals surface area contributed by atoms with E-state index in [9.17, 15) is 4.21 Å². The third kappa shape index (κ3) is 0.580. The number of hydrogen-bond donors (Lipinski definition) is 2. The molecule has 1 aliphatic rings. The molecule has 0 aromatic heterocycles. The van der Waals surface area contributed by atoms with Crippen molar-refractivity contribution >= 4 is 11.0 Å². The van der Waals surface area contributed by atoms with Crippen molar-refractivity contribution in [2.45, 2.75) is 0 Å². The van der Waals surface area contributed by atoms with E-state index in [0.29, 0.717) is 0 Å². The molecular weight excluding hydrogens is 100 g/mol. The molecule has 0 saturated carbocycles. The third-order valence-electron chi connectivity index (χ3n) is 0.434. The van der Waals surface area contributed by atoms with Crippen LogP contribution in [0.1, 0.15) is 0 Å². The molecule has 4 heteroatoms. The van der Waals surface area contributed by atoms with E-state index in [1.807, 2.05) is 0 Å². The average molecular weight is 104 g/mol. The third-order valence-corrected chi connectivity index (χ3v) is 1.14. The fraction of sp³-hybridized carbons (Fsp3) is 0. The Morgan fingerprint density at radius 2 is 2.50 bits per heavy atom. The average Bonchev–Trinajstić information content (AvgIpc) is 1.86. The summed E-state index contributed by atoms with van der Waals surface area (Å²) in [7, 11) is -0.965. The summed E-state index contributed by atoms with van der Waals surface area (Å²) in [6.07, 6.45) is 1.59. The standard InChI is InChI=1S/C2H4N2OS/c5-6-2-1-3-4-6/h1-4H. The number of nitrogens with one attached hydrogen (secondary N) is 2. The van der Waals surface area contributed by atoms with Gasteiger partial charge >= 0.3 is 0 Å². The Labute approximate surface area is 38.0 Å². The largest absolute Gasteiger partial charge is 0.316 e. The monoisotopic (exact) mass is 104 g/mol. The van der Waals surface area contributed by atoms with Crippen LogP contribution in [0, 0.1) is 0 Å². The summed E-state index contributed by atoms with van der Waals surface area (Å²) in [6.45, 7) is 0. The van der Waals surface area contributed by atoms with E-state index < -0.39 is 11.0 Å². The van der Waals surface area contributed by atoms with Gasteiger partial charge in [0.05, 0.1) is 0 Å². The molecule has 1 unspecified atom stereocenters. The van der Waals surface area contributed by atoms with Crippen molar-refractivity contribution in [1.82, 2.24) is 10.3 Å². The maximum absolute atomic E-state index is 10.1. The molecule has 0 amide bonds. The Hall–Kier alpha value is -0.350. The minimum absolute atomic E-state index is 0.965. The van der Waals surface area contributed by atoms with Crippen LogP contribution in [-0.2, 0) is 11.0 Å². The molecule has 0 bridgehead atoms. The summed E-state index contributed by atoms with van der Waals surface area (Å²) in [5, 5.41) is 1.53. The summed E-state index contributed by atoms with van der Waals surface area (Å²) in [5.41, 5.74) is 2.54. The molecular formula is C2H4N2OS. The van der Waals surface area contributed by atoms with Gasteiger partial charge in [-0.3, -0.25) is 0 Å². The highest BCUT2D eigenvalue weighted by Gasteiger charge is 1.92. The first-order valence-corrected chi connectivity index (χ1v) is 2.69. The Kier molecular flexibility index (Phi) is 0.894.